The summed E-state index contributed by atoms with van der Waals surface area (Å²) < 4.78 is 11.1. The molecule has 0 aromatic heterocycles. The van der Waals surface area contributed by atoms with Gasteiger partial charge in [0, 0.05) is 17.7 Å². The molecule has 0 bridgehead atoms. The Bertz CT molecular complexity index is 346. The molecule has 2 unspecified atom stereocenters. The van der Waals surface area contributed by atoms with Crippen LogP contribution in [0.1, 0.15) is 31.9 Å². The lowest BCUT2D eigenvalue weighted by Gasteiger charge is -2.24. The zero-order chi connectivity index (χ0) is 13.4. The number of rotatable bonds is 8. The summed E-state index contributed by atoms with van der Waals surface area (Å²) in [4.78, 5) is 0. The SMILES string of the molecule is CCOCCOC(c1cccc(Cl)c1)C(N)CC. The standard InChI is InChI=1S/C14H22ClNO2/c1-3-13(16)14(18-9-8-17-4-2)11-6-5-7-12(15)10-11/h5-7,10,13-14H,3-4,8-9,16H2,1-2H3. The molecule has 3 nitrogen and oxygen atoms in total. The highest BCUT2D eigenvalue weighted by molar-refractivity contribution is 6.30. The van der Waals surface area contributed by atoms with E-state index in [-0.39, 0.29) is 12.1 Å². The van der Waals surface area contributed by atoms with Gasteiger partial charge in [0.05, 0.1) is 19.3 Å². The van der Waals surface area contributed by atoms with Crippen LogP contribution in [0.2, 0.25) is 5.02 Å². The minimum absolute atomic E-state index is 0.0370. The van der Waals surface area contributed by atoms with Crippen LogP contribution in [-0.4, -0.2) is 25.9 Å². The first-order valence-corrected chi connectivity index (χ1v) is 6.77. The molecule has 4 heteroatoms. The first kappa shape index (κ1) is 15.4. The molecule has 102 valence electrons. The summed E-state index contributed by atoms with van der Waals surface area (Å²) in [7, 11) is 0. The molecule has 2 atom stereocenters. The molecular weight excluding hydrogens is 250 g/mol. The van der Waals surface area contributed by atoms with Crippen molar-refractivity contribution in [3.05, 3.63) is 34.9 Å². The lowest BCUT2D eigenvalue weighted by Crippen LogP contribution is -2.30. The number of nitrogens with two attached hydrogens (primary N) is 1. The maximum Gasteiger partial charge on any atom is 0.0977 e. The van der Waals surface area contributed by atoms with E-state index in [4.69, 9.17) is 26.8 Å². The number of hydrogen-bond donors (Lipinski definition) is 1. The maximum atomic E-state index is 6.11. The highest BCUT2D eigenvalue weighted by Crippen LogP contribution is 2.24. The molecule has 0 heterocycles. The van der Waals surface area contributed by atoms with Crippen molar-refractivity contribution in [3.8, 4) is 0 Å². The Morgan fingerprint density at radius 2 is 2.06 bits per heavy atom. The Morgan fingerprint density at radius 3 is 2.67 bits per heavy atom. The average Bonchev–Trinajstić information content (AvgIpc) is 2.38. The van der Waals surface area contributed by atoms with E-state index in [1.54, 1.807) is 0 Å². The van der Waals surface area contributed by atoms with E-state index >= 15 is 0 Å². The van der Waals surface area contributed by atoms with Crippen LogP contribution < -0.4 is 5.73 Å². The fourth-order valence-electron chi connectivity index (χ4n) is 1.74. The van der Waals surface area contributed by atoms with Crippen LogP contribution >= 0.6 is 11.6 Å². The van der Waals surface area contributed by atoms with Crippen LogP contribution in [0.25, 0.3) is 0 Å². The van der Waals surface area contributed by atoms with Crippen LogP contribution in [0.4, 0.5) is 0 Å². The van der Waals surface area contributed by atoms with Crippen LogP contribution in [0.15, 0.2) is 24.3 Å². The van der Waals surface area contributed by atoms with Crippen LogP contribution in [0.5, 0.6) is 0 Å². The lowest BCUT2D eigenvalue weighted by molar-refractivity contribution is -0.00548. The number of benzene rings is 1. The topological polar surface area (TPSA) is 44.5 Å². The van der Waals surface area contributed by atoms with Gasteiger partial charge in [-0.25, -0.2) is 0 Å². The molecular formula is C14H22ClNO2. The zero-order valence-electron chi connectivity index (χ0n) is 11.1. The lowest BCUT2D eigenvalue weighted by atomic mass is 10.0. The molecule has 1 aromatic rings. The normalized spacial score (nSPS) is 14.4. The van der Waals surface area contributed by atoms with Gasteiger partial charge in [-0.15, -0.1) is 0 Å². The van der Waals surface area contributed by atoms with E-state index in [2.05, 4.69) is 0 Å². The minimum atomic E-state index is -0.130. The smallest absolute Gasteiger partial charge is 0.0977 e. The molecule has 0 amide bonds. The predicted octanol–water partition coefficient (Wildman–Crippen LogP) is 3.17. The van der Waals surface area contributed by atoms with Gasteiger partial charge in [0.2, 0.25) is 0 Å². The summed E-state index contributed by atoms with van der Waals surface area (Å²) >= 11 is 6.00. The van der Waals surface area contributed by atoms with Crippen LogP contribution in [0, 0.1) is 0 Å². The number of hydrogen-bond acceptors (Lipinski definition) is 3. The van der Waals surface area contributed by atoms with Gasteiger partial charge in [0.15, 0.2) is 0 Å². The van der Waals surface area contributed by atoms with Gasteiger partial charge in [0.1, 0.15) is 0 Å². The summed E-state index contributed by atoms with van der Waals surface area (Å²) in [5.74, 6) is 0. The molecule has 0 aliphatic rings. The van der Waals surface area contributed by atoms with Gasteiger partial charge in [-0.1, -0.05) is 30.7 Å². The van der Waals surface area contributed by atoms with Gasteiger partial charge < -0.3 is 15.2 Å². The highest BCUT2D eigenvalue weighted by Gasteiger charge is 2.19. The summed E-state index contributed by atoms with van der Waals surface area (Å²) in [6.07, 6.45) is 0.723. The van der Waals surface area contributed by atoms with Gasteiger partial charge >= 0.3 is 0 Å². The Hall–Kier alpha value is -0.610. The molecule has 1 aromatic carbocycles. The molecule has 18 heavy (non-hydrogen) atoms. The van der Waals surface area contributed by atoms with Gasteiger partial charge in [-0.2, -0.15) is 0 Å². The predicted molar refractivity (Wildman–Crippen MR) is 74.9 cm³/mol. The highest BCUT2D eigenvalue weighted by atomic mass is 35.5. The van der Waals surface area contributed by atoms with Crippen molar-refractivity contribution >= 4 is 11.6 Å². The van der Waals surface area contributed by atoms with Crippen molar-refractivity contribution in [2.75, 3.05) is 19.8 Å². The van der Waals surface area contributed by atoms with E-state index in [1.807, 2.05) is 38.1 Å². The number of halogens is 1. The first-order chi connectivity index (χ1) is 8.69. The molecule has 0 radical (unpaired) electrons. The summed E-state index contributed by atoms with van der Waals surface area (Å²) in [6, 6.07) is 7.62. The van der Waals surface area contributed by atoms with E-state index in [1.165, 1.54) is 0 Å². The van der Waals surface area contributed by atoms with Crippen LogP contribution in [-0.2, 0) is 9.47 Å². The Balaban J connectivity index is 2.66. The monoisotopic (exact) mass is 271 g/mol. The molecule has 0 fully saturated rings. The molecule has 0 saturated carbocycles. The molecule has 0 aliphatic heterocycles. The molecule has 0 spiro atoms. The second-order valence-corrected chi connectivity index (χ2v) is 4.55. The van der Waals surface area contributed by atoms with E-state index in [0.717, 1.165) is 12.0 Å². The zero-order valence-corrected chi connectivity index (χ0v) is 11.8. The third kappa shape index (κ3) is 4.94. The Labute approximate surface area is 114 Å². The maximum absolute atomic E-state index is 6.11. The van der Waals surface area contributed by atoms with Crippen molar-refractivity contribution in [2.24, 2.45) is 5.73 Å². The molecule has 2 N–H and O–H groups in total. The minimum Gasteiger partial charge on any atom is -0.379 e. The average molecular weight is 272 g/mol. The first-order valence-electron chi connectivity index (χ1n) is 6.39. The van der Waals surface area contributed by atoms with Gasteiger partial charge in [-0.05, 0) is 31.0 Å². The molecule has 1 rings (SSSR count). The third-order valence-electron chi connectivity index (χ3n) is 2.77. The Kier molecular flexibility index (Phi) is 7.28. The third-order valence-corrected chi connectivity index (χ3v) is 3.00. The fourth-order valence-corrected chi connectivity index (χ4v) is 1.94. The van der Waals surface area contributed by atoms with Crippen molar-refractivity contribution < 1.29 is 9.47 Å². The summed E-state index contributed by atoms with van der Waals surface area (Å²) in [6.45, 7) is 5.84. The summed E-state index contributed by atoms with van der Waals surface area (Å²) in [5, 5.41) is 0.703. The fraction of sp³-hybridized carbons (Fsp3) is 0.571. The van der Waals surface area contributed by atoms with Crippen molar-refractivity contribution in [1.82, 2.24) is 0 Å². The second-order valence-electron chi connectivity index (χ2n) is 4.12. The van der Waals surface area contributed by atoms with Gasteiger partial charge in [-0.3, -0.25) is 0 Å². The summed E-state index contributed by atoms with van der Waals surface area (Å²) in [5.41, 5.74) is 7.13. The largest absolute Gasteiger partial charge is 0.379 e. The van der Waals surface area contributed by atoms with Crippen molar-refractivity contribution in [3.63, 3.8) is 0 Å². The second kappa shape index (κ2) is 8.48. The number of ether oxygens (including phenoxy) is 2. The van der Waals surface area contributed by atoms with Crippen molar-refractivity contribution in [2.45, 2.75) is 32.4 Å². The van der Waals surface area contributed by atoms with E-state index in [0.29, 0.717) is 24.8 Å². The Morgan fingerprint density at radius 1 is 1.28 bits per heavy atom. The van der Waals surface area contributed by atoms with Crippen molar-refractivity contribution in [1.29, 1.82) is 0 Å². The molecule has 0 aliphatic carbocycles. The van der Waals surface area contributed by atoms with Gasteiger partial charge in [0.25, 0.3) is 0 Å². The molecule has 0 saturated heterocycles. The quantitative estimate of drug-likeness (QED) is 0.739. The van der Waals surface area contributed by atoms with E-state index < -0.39 is 0 Å². The van der Waals surface area contributed by atoms with E-state index in [9.17, 15) is 0 Å². The van der Waals surface area contributed by atoms with Crippen LogP contribution in [0.3, 0.4) is 0 Å².